The number of benzene rings is 1. The Balaban J connectivity index is 2.27. The predicted molar refractivity (Wildman–Crippen MR) is 74.3 cm³/mol. The van der Waals surface area contributed by atoms with Gasteiger partial charge >= 0.3 is 0 Å². The third-order valence-corrected chi connectivity index (χ3v) is 3.21. The lowest BCUT2D eigenvalue weighted by molar-refractivity contribution is -0.128. The largest absolute Gasteiger partial charge is 0.497 e. The van der Waals surface area contributed by atoms with Crippen molar-refractivity contribution in [3.63, 3.8) is 0 Å². The van der Waals surface area contributed by atoms with Gasteiger partial charge in [0.25, 0.3) is 0 Å². The molecule has 0 saturated carbocycles. The van der Waals surface area contributed by atoms with Crippen LogP contribution in [0.2, 0.25) is 0 Å². The van der Waals surface area contributed by atoms with Crippen molar-refractivity contribution in [3.05, 3.63) is 23.9 Å². The standard InChI is InChI=1S/C14H19N3O2/c1-16(2)14(18)8-7-12-11-6-5-10(19-4)9-13(11)17(3)15-12/h5-6,9H,7-8H2,1-4H3. The Labute approximate surface area is 112 Å². The fourth-order valence-electron chi connectivity index (χ4n) is 2.07. The van der Waals surface area contributed by atoms with Crippen LogP contribution in [0.5, 0.6) is 5.75 Å². The van der Waals surface area contributed by atoms with E-state index >= 15 is 0 Å². The van der Waals surface area contributed by atoms with Crippen molar-refractivity contribution in [1.29, 1.82) is 0 Å². The van der Waals surface area contributed by atoms with Gasteiger partial charge < -0.3 is 9.64 Å². The predicted octanol–water partition coefficient (Wildman–Crippen LogP) is 1.60. The lowest BCUT2D eigenvalue weighted by atomic mass is 10.1. The highest BCUT2D eigenvalue weighted by molar-refractivity contribution is 5.84. The summed E-state index contributed by atoms with van der Waals surface area (Å²) in [5.41, 5.74) is 1.97. The van der Waals surface area contributed by atoms with Crippen LogP contribution in [-0.4, -0.2) is 41.8 Å². The van der Waals surface area contributed by atoms with Crippen molar-refractivity contribution in [2.24, 2.45) is 7.05 Å². The fourth-order valence-corrected chi connectivity index (χ4v) is 2.07. The van der Waals surface area contributed by atoms with Crippen LogP contribution in [-0.2, 0) is 18.3 Å². The minimum atomic E-state index is 0.118. The van der Waals surface area contributed by atoms with Gasteiger partial charge in [0.2, 0.25) is 5.91 Å². The number of hydrogen-bond donors (Lipinski definition) is 0. The van der Waals surface area contributed by atoms with Crippen LogP contribution in [0.15, 0.2) is 18.2 Å². The Bertz CT molecular complexity index is 602. The Morgan fingerprint density at radius 2 is 2.16 bits per heavy atom. The summed E-state index contributed by atoms with van der Waals surface area (Å²) in [4.78, 5) is 13.2. The van der Waals surface area contributed by atoms with E-state index in [2.05, 4.69) is 5.10 Å². The molecule has 2 rings (SSSR count). The maximum absolute atomic E-state index is 11.6. The van der Waals surface area contributed by atoms with E-state index in [9.17, 15) is 4.79 Å². The summed E-state index contributed by atoms with van der Waals surface area (Å²) in [7, 11) is 7.08. The molecule has 102 valence electrons. The van der Waals surface area contributed by atoms with Crippen molar-refractivity contribution < 1.29 is 9.53 Å². The SMILES string of the molecule is COc1ccc2c(CCC(=O)N(C)C)nn(C)c2c1. The third-order valence-electron chi connectivity index (χ3n) is 3.21. The number of aromatic nitrogens is 2. The molecule has 0 spiro atoms. The number of carbonyl (C=O) groups is 1. The van der Waals surface area contributed by atoms with Gasteiger partial charge in [-0.15, -0.1) is 0 Å². The highest BCUT2D eigenvalue weighted by Crippen LogP contribution is 2.24. The lowest BCUT2D eigenvalue weighted by Crippen LogP contribution is -2.21. The normalized spacial score (nSPS) is 10.7. The molecule has 0 aliphatic heterocycles. The van der Waals surface area contributed by atoms with Gasteiger partial charge in [-0.25, -0.2) is 0 Å². The van der Waals surface area contributed by atoms with E-state index in [0.29, 0.717) is 12.8 Å². The number of hydrogen-bond acceptors (Lipinski definition) is 3. The first-order chi connectivity index (χ1) is 9.02. The number of rotatable bonds is 4. The van der Waals surface area contributed by atoms with Gasteiger partial charge in [-0.1, -0.05) is 0 Å². The molecule has 5 heteroatoms. The molecule has 2 aromatic rings. The summed E-state index contributed by atoms with van der Waals surface area (Å²) < 4.78 is 7.04. The lowest BCUT2D eigenvalue weighted by Gasteiger charge is -2.08. The zero-order valence-electron chi connectivity index (χ0n) is 11.8. The molecular formula is C14H19N3O2. The van der Waals surface area contributed by atoms with Gasteiger partial charge in [0, 0.05) is 45.4 Å². The average Bonchev–Trinajstić information content (AvgIpc) is 2.72. The summed E-state index contributed by atoms with van der Waals surface area (Å²) in [5.74, 6) is 0.929. The van der Waals surface area contributed by atoms with Gasteiger partial charge in [0.05, 0.1) is 18.3 Å². The van der Waals surface area contributed by atoms with Crippen LogP contribution in [0.3, 0.4) is 0 Å². The highest BCUT2D eigenvalue weighted by atomic mass is 16.5. The summed E-state index contributed by atoms with van der Waals surface area (Å²) in [6, 6.07) is 5.87. The van der Waals surface area contributed by atoms with Crippen LogP contribution in [0.1, 0.15) is 12.1 Å². The summed E-state index contributed by atoms with van der Waals surface area (Å²) in [6.07, 6.45) is 1.13. The van der Waals surface area contributed by atoms with Crippen molar-refractivity contribution in [1.82, 2.24) is 14.7 Å². The quantitative estimate of drug-likeness (QED) is 0.840. The molecule has 0 aliphatic rings. The van der Waals surface area contributed by atoms with Crippen LogP contribution in [0.4, 0.5) is 0 Å². The van der Waals surface area contributed by atoms with Crippen molar-refractivity contribution >= 4 is 16.8 Å². The van der Waals surface area contributed by atoms with E-state index in [1.807, 2.05) is 29.9 Å². The number of amides is 1. The Hall–Kier alpha value is -2.04. The Morgan fingerprint density at radius 1 is 1.42 bits per heavy atom. The van der Waals surface area contributed by atoms with E-state index in [1.165, 1.54) is 0 Å². The van der Waals surface area contributed by atoms with Crippen molar-refractivity contribution in [3.8, 4) is 5.75 Å². The number of aryl methyl sites for hydroxylation is 2. The van der Waals surface area contributed by atoms with Gasteiger partial charge in [-0.3, -0.25) is 9.48 Å². The van der Waals surface area contributed by atoms with Crippen molar-refractivity contribution in [2.75, 3.05) is 21.2 Å². The van der Waals surface area contributed by atoms with Crippen LogP contribution >= 0.6 is 0 Å². The molecule has 1 amide bonds. The van der Waals surface area contributed by atoms with Gasteiger partial charge in [-0.05, 0) is 12.1 Å². The van der Waals surface area contributed by atoms with Gasteiger partial charge in [0.15, 0.2) is 0 Å². The Kier molecular flexibility index (Phi) is 3.74. The summed E-state index contributed by atoms with van der Waals surface area (Å²) in [5, 5.41) is 5.57. The highest BCUT2D eigenvalue weighted by Gasteiger charge is 2.12. The zero-order valence-corrected chi connectivity index (χ0v) is 11.8. The summed E-state index contributed by atoms with van der Waals surface area (Å²) in [6.45, 7) is 0. The monoisotopic (exact) mass is 261 g/mol. The third kappa shape index (κ3) is 2.70. The fraction of sp³-hybridized carbons (Fsp3) is 0.429. The number of carbonyl (C=O) groups excluding carboxylic acids is 1. The Morgan fingerprint density at radius 3 is 2.79 bits per heavy atom. The maximum Gasteiger partial charge on any atom is 0.222 e. The first-order valence-corrected chi connectivity index (χ1v) is 6.22. The van der Waals surface area contributed by atoms with Crippen LogP contribution < -0.4 is 4.74 Å². The molecule has 0 unspecified atom stereocenters. The van der Waals surface area contributed by atoms with Gasteiger partial charge in [0.1, 0.15) is 5.75 Å². The molecule has 19 heavy (non-hydrogen) atoms. The average molecular weight is 261 g/mol. The van der Waals surface area contributed by atoms with E-state index in [-0.39, 0.29) is 5.91 Å². The van der Waals surface area contributed by atoms with E-state index in [1.54, 1.807) is 26.1 Å². The van der Waals surface area contributed by atoms with E-state index in [4.69, 9.17) is 4.74 Å². The second-order valence-corrected chi connectivity index (χ2v) is 4.74. The van der Waals surface area contributed by atoms with Crippen LogP contribution in [0.25, 0.3) is 10.9 Å². The molecular weight excluding hydrogens is 242 g/mol. The first kappa shape index (κ1) is 13.4. The topological polar surface area (TPSA) is 47.4 Å². The first-order valence-electron chi connectivity index (χ1n) is 6.22. The summed E-state index contributed by atoms with van der Waals surface area (Å²) >= 11 is 0. The molecule has 0 radical (unpaired) electrons. The molecule has 5 nitrogen and oxygen atoms in total. The molecule has 0 saturated heterocycles. The van der Waals surface area contributed by atoms with Crippen molar-refractivity contribution in [2.45, 2.75) is 12.8 Å². The molecule has 1 aromatic carbocycles. The van der Waals surface area contributed by atoms with Gasteiger partial charge in [-0.2, -0.15) is 5.10 Å². The van der Waals surface area contributed by atoms with E-state index < -0.39 is 0 Å². The zero-order chi connectivity index (χ0) is 14.0. The molecule has 1 aromatic heterocycles. The number of nitrogens with zero attached hydrogens (tertiary/aromatic N) is 3. The number of ether oxygens (including phenoxy) is 1. The van der Waals surface area contributed by atoms with E-state index in [0.717, 1.165) is 22.3 Å². The second kappa shape index (κ2) is 5.30. The minimum Gasteiger partial charge on any atom is -0.497 e. The molecule has 0 bridgehead atoms. The second-order valence-electron chi connectivity index (χ2n) is 4.74. The molecule has 0 fully saturated rings. The maximum atomic E-state index is 11.6. The molecule has 0 aliphatic carbocycles. The smallest absolute Gasteiger partial charge is 0.222 e. The molecule has 1 heterocycles. The number of methoxy groups -OCH3 is 1. The molecule has 0 N–H and O–H groups in total. The molecule has 0 atom stereocenters. The van der Waals surface area contributed by atoms with Crippen LogP contribution in [0, 0.1) is 0 Å². The minimum absolute atomic E-state index is 0.118. The number of fused-ring (bicyclic) bond motifs is 1.